The van der Waals surface area contributed by atoms with E-state index in [-0.39, 0.29) is 5.78 Å². The van der Waals surface area contributed by atoms with Crippen LogP contribution >= 0.6 is 11.6 Å². The Bertz CT molecular complexity index is 1350. The molecule has 0 fully saturated rings. The number of aromatic nitrogens is 2. The molecule has 0 aliphatic carbocycles. The summed E-state index contributed by atoms with van der Waals surface area (Å²) in [4.78, 5) is 17.1. The highest BCUT2D eigenvalue weighted by molar-refractivity contribution is 6.30. The summed E-state index contributed by atoms with van der Waals surface area (Å²) < 4.78 is 7.25. The molecule has 2 heterocycles. The van der Waals surface area contributed by atoms with Crippen molar-refractivity contribution in [1.82, 2.24) is 9.38 Å². The number of imidazole rings is 1. The van der Waals surface area contributed by atoms with E-state index in [4.69, 9.17) is 27.1 Å². The van der Waals surface area contributed by atoms with E-state index in [0.717, 1.165) is 47.0 Å². The van der Waals surface area contributed by atoms with E-state index in [2.05, 4.69) is 17.4 Å². The van der Waals surface area contributed by atoms with Crippen LogP contribution in [-0.4, -0.2) is 22.3 Å². The summed E-state index contributed by atoms with van der Waals surface area (Å²) in [6.07, 6.45) is 3.46. The van der Waals surface area contributed by atoms with Crippen molar-refractivity contribution < 1.29 is 9.53 Å². The second-order valence-electron chi connectivity index (χ2n) is 8.14. The van der Waals surface area contributed by atoms with Crippen molar-refractivity contribution in [3.63, 3.8) is 0 Å². The van der Waals surface area contributed by atoms with Gasteiger partial charge in [0, 0.05) is 28.2 Å². The van der Waals surface area contributed by atoms with Crippen LogP contribution in [0, 0.1) is 0 Å². The number of nitrogens with zero attached hydrogens (tertiary/aromatic N) is 2. The van der Waals surface area contributed by atoms with Gasteiger partial charge in [-0.3, -0.25) is 9.20 Å². The Kier molecular flexibility index (Phi) is 6.89. The molecule has 0 saturated carbocycles. The molecule has 2 aromatic carbocycles. The molecule has 0 aliphatic rings. The summed E-state index contributed by atoms with van der Waals surface area (Å²) in [7, 11) is 1.66. The molecule has 34 heavy (non-hydrogen) atoms. The van der Waals surface area contributed by atoms with Crippen LogP contribution in [0.25, 0.3) is 11.2 Å². The molecule has 6 nitrogen and oxygen atoms in total. The fourth-order valence-corrected chi connectivity index (χ4v) is 4.12. The molecule has 0 aliphatic heterocycles. The topological polar surface area (TPSA) is 81.6 Å². The van der Waals surface area contributed by atoms with E-state index in [1.54, 1.807) is 14.0 Å². The molecule has 174 valence electrons. The Morgan fingerprint density at radius 2 is 1.76 bits per heavy atom. The molecule has 0 radical (unpaired) electrons. The number of hydrogen-bond acceptors (Lipinski definition) is 5. The first kappa shape index (κ1) is 23.4. The molecule has 3 N–H and O–H groups in total. The van der Waals surface area contributed by atoms with Crippen LogP contribution in [0.2, 0.25) is 5.02 Å². The van der Waals surface area contributed by atoms with Crippen LogP contribution in [0.4, 0.5) is 11.5 Å². The lowest BCUT2D eigenvalue weighted by Crippen LogP contribution is -2.06. The van der Waals surface area contributed by atoms with Crippen LogP contribution < -0.4 is 15.8 Å². The van der Waals surface area contributed by atoms with Crippen LogP contribution in [0.3, 0.4) is 0 Å². The Balaban J connectivity index is 1.73. The number of nitrogens with one attached hydrogen (secondary N) is 1. The molecule has 0 atom stereocenters. The van der Waals surface area contributed by atoms with Gasteiger partial charge in [-0.15, -0.1) is 0 Å². The van der Waals surface area contributed by atoms with Crippen LogP contribution in [0.5, 0.6) is 5.75 Å². The molecule has 2 aromatic heterocycles. The van der Waals surface area contributed by atoms with Gasteiger partial charge in [0.1, 0.15) is 17.2 Å². The quantitative estimate of drug-likeness (QED) is 0.315. The molecule has 0 saturated heterocycles. The molecule has 4 rings (SSSR count). The predicted octanol–water partition coefficient (Wildman–Crippen LogP) is 5.80. The number of ketones is 1. The number of nitrogens with two attached hydrogens (primary N) is 1. The van der Waals surface area contributed by atoms with Crippen molar-refractivity contribution in [2.24, 2.45) is 5.73 Å². The number of aryl methyl sites for hydroxylation is 2. The minimum absolute atomic E-state index is 0.0739. The standard InChI is InChI=1S/C27H27ClN4O2/c1-17(29)26(18(2)33)20-14-15-32-25(16-20)31-24(13-6-19-4-11-23(34-3)12-5-19)27(32)30-22-9-7-21(28)8-10-22/h4-5,7-12,14-16,30H,6,13,29H2,1-3H3. The summed E-state index contributed by atoms with van der Waals surface area (Å²) in [5.41, 5.74) is 11.5. The highest BCUT2D eigenvalue weighted by atomic mass is 35.5. The first-order valence-electron chi connectivity index (χ1n) is 11.0. The average molecular weight is 475 g/mol. The minimum atomic E-state index is -0.0739. The number of fused-ring (bicyclic) bond motifs is 1. The molecular weight excluding hydrogens is 448 g/mol. The number of ether oxygens (including phenoxy) is 1. The lowest BCUT2D eigenvalue weighted by molar-refractivity contribution is -0.111. The van der Waals surface area contributed by atoms with E-state index < -0.39 is 0 Å². The van der Waals surface area contributed by atoms with Gasteiger partial charge in [-0.25, -0.2) is 4.98 Å². The SMILES string of the molecule is COc1ccc(CCc2nc3cc(C(C(C)=O)=C(C)N)ccn3c2Nc2ccc(Cl)cc2)cc1. The lowest BCUT2D eigenvalue weighted by atomic mass is 10.0. The maximum absolute atomic E-state index is 12.2. The highest BCUT2D eigenvalue weighted by Crippen LogP contribution is 2.28. The first-order chi connectivity index (χ1) is 16.4. The number of allylic oxidation sites excluding steroid dienone is 2. The zero-order valence-electron chi connectivity index (χ0n) is 19.4. The Hall–Kier alpha value is -3.77. The fourth-order valence-electron chi connectivity index (χ4n) is 3.99. The Morgan fingerprint density at radius 3 is 2.38 bits per heavy atom. The van der Waals surface area contributed by atoms with E-state index in [1.165, 1.54) is 12.5 Å². The highest BCUT2D eigenvalue weighted by Gasteiger charge is 2.16. The van der Waals surface area contributed by atoms with Crippen LogP contribution in [-0.2, 0) is 17.6 Å². The smallest absolute Gasteiger partial charge is 0.162 e. The first-order valence-corrected chi connectivity index (χ1v) is 11.4. The second-order valence-corrected chi connectivity index (χ2v) is 8.58. The summed E-state index contributed by atoms with van der Waals surface area (Å²) in [6, 6.07) is 19.4. The number of hydrogen-bond donors (Lipinski definition) is 2. The van der Waals surface area contributed by atoms with E-state index >= 15 is 0 Å². The van der Waals surface area contributed by atoms with E-state index in [0.29, 0.717) is 16.3 Å². The minimum Gasteiger partial charge on any atom is -0.497 e. The third-order valence-electron chi connectivity index (χ3n) is 5.65. The number of Topliss-reactive ketones (excluding diaryl/α,β-unsaturated/α-hetero) is 1. The monoisotopic (exact) mass is 474 g/mol. The molecule has 0 spiro atoms. The number of methoxy groups -OCH3 is 1. The number of rotatable bonds is 8. The van der Waals surface area contributed by atoms with E-state index in [1.807, 2.05) is 59.1 Å². The average Bonchev–Trinajstić information content (AvgIpc) is 3.15. The van der Waals surface area contributed by atoms with Gasteiger partial charge in [-0.1, -0.05) is 23.7 Å². The lowest BCUT2D eigenvalue weighted by Gasteiger charge is -2.11. The van der Waals surface area contributed by atoms with Gasteiger partial charge in [0.25, 0.3) is 0 Å². The molecule has 0 amide bonds. The van der Waals surface area contributed by atoms with Crippen molar-refractivity contribution in [2.45, 2.75) is 26.7 Å². The maximum Gasteiger partial charge on any atom is 0.162 e. The Morgan fingerprint density at radius 1 is 1.06 bits per heavy atom. The van der Waals surface area contributed by atoms with Gasteiger partial charge >= 0.3 is 0 Å². The van der Waals surface area contributed by atoms with Crippen molar-refractivity contribution in [1.29, 1.82) is 0 Å². The van der Waals surface area contributed by atoms with Gasteiger partial charge in [0.2, 0.25) is 0 Å². The normalized spacial score (nSPS) is 11.9. The molecule has 7 heteroatoms. The number of carbonyl (C=O) groups is 1. The van der Waals surface area contributed by atoms with Crippen molar-refractivity contribution in [3.8, 4) is 5.75 Å². The van der Waals surface area contributed by atoms with E-state index in [9.17, 15) is 4.79 Å². The zero-order valence-corrected chi connectivity index (χ0v) is 20.2. The summed E-state index contributed by atoms with van der Waals surface area (Å²) in [5, 5.41) is 4.16. The maximum atomic E-state index is 12.2. The number of halogens is 1. The summed E-state index contributed by atoms with van der Waals surface area (Å²) in [6.45, 7) is 3.26. The number of carbonyl (C=O) groups excluding carboxylic acids is 1. The van der Waals surface area contributed by atoms with Gasteiger partial charge in [-0.05, 0) is 86.3 Å². The second kappa shape index (κ2) is 10.0. The molecular formula is C27H27ClN4O2. The third kappa shape index (κ3) is 5.07. The van der Waals surface area contributed by atoms with Gasteiger partial charge in [-0.2, -0.15) is 0 Å². The Labute approximate surface area is 204 Å². The summed E-state index contributed by atoms with van der Waals surface area (Å²) >= 11 is 6.06. The van der Waals surface area contributed by atoms with Crippen molar-refractivity contribution in [3.05, 3.63) is 94.4 Å². The number of pyridine rings is 1. The van der Waals surface area contributed by atoms with Gasteiger partial charge in [0.05, 0.1) is 12.8 Å². The number of anilines is 2. The third-order valence-corrected chi connectivity index (χ3v) is 5.90. The van der Waals surface area contributed by atoms with Gasteiger partial charge in [0.15, 0.2) is 5.78 Å². The van der Waals surface area contributed by atoms with Gasteiger partial charge < -0.3 is 15.8 Å². The molecule has 4 aromatic rings. The largest absolute Gasteiger partial charge is 0.497 e. The predicted molar refractivity (Wildman–Crippen MR) is 138 cm³/mol. The molecule has 0 unspecified atom stereocenters. The fraction of sp³-hybridized carbons (Fsp3) is 0.185. The zero-order chi connectivity index (χ0) is 24.2. The summed E-state index contributed by atoms with van der Waals surface area (Å²) in [5.74, 6) is 1.63. The van der Waals surface area contributed by atoms with Crippen LogP contribution in [0.15, 0.2) is 72.6 Å². The van der Waals surface area contributed by atoms with Crippen molar-refractivity contribution >= 4 is 40.1 Å². The molecule has 0 bridgehead atoms. The van der Waals surface area contributed by atoms with Crippen LogP contribution in [0.1, 0.15) is 30.7 Å². The number of benzene rings is 2. The van der Waals surface area contributed by atoms with Crippen molar-refractivity contribution in [2.75, 3.05) is 12.4 Å².